The minimum Gasteiger partial charge on any atom is -0.114 e. The zero-order valence-corrected chi connectivity index (χ0v) is 10.5. The Hall–Kier alpha value is 0.0600. The van der Waals surface area contributed by atoms with E-state index in [4.69, 9.17) is 23.2 Å². The maximum Gasteiger partial charge on any atom is 0.0705 e. The van der Waals surface area contributed by atoms with Crippen molar-refractivity contribution in [3.8, 4) is 0 Å². The lowest BCUT2D eigenvalue weighted by molar-refractivity contribution is 0.375. The van der Waals surface area contributed by atoms with Crippen molar-refractivity contribution in [1.29, 1.82) is 0 Å². The molecular formula is C13H18Cl2. The Morgan fingerprint density at radius 3 is 2.40 bits per heavy atom. The number of alkyl halides is 1. The summed E-state index contributed by atoms with van der Waals surface area (Å²) in [5.74, 6) is 0.611. The van der Waals surface area contributed by atoms with Crippen LogP contribution in [0.1, 0.15) is 44.9 Å². The lowest BCUT2D eigenvalue weighted by Gasteiger charge is -2.34. The van der Waals surface area contributed by atoms with Gasteiger partial charge in [-0.1, -0.05) is 49.4 Å². The molecule has 2 rings (SSSR count). The van der Waals surface area contributed by atoms with Gasteiger partial charge in [0.2, 0.25) is 0 Å². The summed E-state index contributed by atoms with van der Waals surface area (Å²) in [5.41, 5.74) is 0. The Bertz CT molecular complexity index is 272. The van der Waals surface area contributed by atoms with Gasteiger partial charge in [-0.2, -0.15) is 0 Å². The average Bonchev–Trinajstić information content (AvgIpc) is 2.45. The fraction of sp³-hybridized carbons (Fsp3) is 0.692. The molecule has 1 fully saturated rings. The van der Waals surface area contributed by atoms with Crippen molar-refractivity contribution in [3.63, 3.8) is 0 Å². The molecular weight excluding hydrogens is 227 g/mol. The molecule has 84 valence electrons. The molecule has 0 aliphatic heterocycles. The molecule has 2 aliphatic rings. The molecule has 0 amide bonds. The van der Waals surface area contributed by atoms with Gasteiger partial charge in [-0.05, 0) is 24.8 Å². The Balaban J connectivity index is 2.07. The predicted molar refractivity (Wildman–Crippen MR) is 67.5 cm³/mol. The second-order valence-electron chi connectivity index (χ2n) is 4.76. The minimum atomic E-state index is -0.198. The smallest absolute Gasteiger partial charge is 0.0705 e. The summed E-state index contributed by atoms with van der Waals surface area (Å²) in [6.07, 6.45) is 14.9. The van der Waals surface area contributed by atoms with Crippen LogP contribution in [-0.4, -0.2) is 4.87 Å². The van der Waals surface area contributed by atoms with Crippen LogP contribution in [0.4, 0.5) is 0 Å². The van der Waals surface area contributed by atoms with Crippen LogP contribution in [0.5, 0.6) is 0 Å². The highest BCUT2D eigenvalue weighted by Gasteiger charge is 2.36. The summed E-state index contributed by atoms with van der Waals surface area (Å²) in [7, 11) is 0. The van der Waals surface area contributed by atoms with Crippen LogP contribution < -0.4 is 0 Å². The van der Waals surface area contributed by atoms with E-state index < -0.39 is 0 Å². The summed E-state index contributed by atoms with van der Waals surface area (Å²) in [5, 5.41) is 0.900. The van der Waals surface area contributed by atoms with Gasteiger partial charge < -0.3 is 0 Å². The molecule has 0 saturated heterocycles. The van der Waals surface area contributed by atoms with E-state index in [1.54, 1.807) is 0 Å². The Morgan fingerprint density at radius 2 is 1.80 bits per heavy atom. The normalized spacial score (nSPS) is 33.6. The van der Waals surface area contributed by atoms with E-state index >= 15 is 0 Å². The van der Waals surface area contributed by atoms with E-state index in [1.807, 2.05) is 12.2 Å². The summed E-state index contributed by atoms with van der Waals surface area (Å²) in [4.78, 5) is -0.198. The lowest BCUT2D eigenvalue weighted by Crippen LogP contribution is -2.30. The van der Waals surface area contributed by atoms with Crippen molar-refractivity contribution in [2.45, 2.75) is 49.8 Å². The maximum absolute atomic E-state index is 6.71. The van der Waals surface area contributed by atoms with Crippen LogP contribution in [0.2, 0.25) is 0 Å². The fourth-order valence-corrected chi connectivity index (χ4v) is 3.53. The van der Waals surface area contributed by atoms with Gasteiger partial charge in [-0.15, -0.1) is 11.6 Å². The molecule has 15 heavy (non-hydrogen) atoms. The van der Waals surface area contributed by atoms with E-state index in [2.05, 4.69) is 6.08 Å². The highest BCUT2D eigenvalue weighted by molar-refractivity contribution is 6.32. The molecule has 0 bridgehead atoms. The van der Waals surface area contributed by atoms with Crippen molar-refractivity contribution < 1.29 is 0 Å². The van der Waals surface area contributed by atoms with Gasteiger partial charge in [-0.3, -0.25) is 0 Å². The summed E-state index contributed by atoms with van der Waals surface area (Å²) >= 11 is 12.8. The first-order valence-corrected chi connectivity index (χ1v) is 6.69. The van der Waals surface area contributed by atoms with Crippen molar-refractivity contribution >= 4 is 23.2 Å². The van der Waals surface area contributed by atoms with Crippen molar-refractivity contribution in [3.05, 3.63) is 23.3 Å². The Kier molecular flexibility index (Phi) is 3.79. The molecule has 0 N–H and O–H groups in total. The summed E-state index contributed by atoms with van der Waals surface area (Å²) < 4.78 is 0. The Morgan fingerprint density at radius 1 is 1.13 bits per heavy atom. The summed E-state index contributed by atoms with van der Waals surface area (Å²) in [6, 6.07) is 0. The monoisotopic (exact) mass is 244 g/mol. The second-order valence-corrected chi connectivity index (χ2v) is 5.95. The number of rotatable bonds is 1. The van der Waals surface area contributed by atoms with Crippen molar-refractivity contribution in [2.24, 2.45) is 5.92 Å². The molecule has 1 atom stereocenters. The molecule has 0 heterocycles. The zero-order valence-electron chi connectivity index (χ0n) is 9.02. The molecule has 0 aromatic heterocycles. The first-order chi connectivity index (χ1) is 7.21. The van der Waals surface area contributed by atoms with E-state index in [0.29, 0.717) is 5.92 Å². The first-order valence-electron chi connectivity index (χ1n) is 5.93. The van der Waals surface area contributed by atoms with E-state index in [0.717, 1.165) is 11.5 Å². The van der Waals surface area contributed by atoms with E-state index in [1.165, 1.54) is 38.5 Å². The van der Waals surface area contributed by atoms with Crippen LogP contribution in [-0.2, 0) is 0 Å². The van der Waals surface area contributed by atoms with Crippen molar-refractivity contribution in [2.75, 3.05) is 0 Å². The van der Waals surface area contributed by atoms with E-state index in [9.17, 15) is 0 Å². The highest BCUT2D eigenvalue weighted by atomic mass is 35.5. The standard InChI is InChI=1S/C13H18Cl2/c14-12-8-5-9-13(15,10-12)11-6-3-1-2-4-7-11/h5,8-9,11H,1-4,6-7,10H2. The minimum absolute atomic E-state index is 0.198. The van der Waals surface area contributed by atoms with Crippen LogP contribution in [0.3, 0.4) is 0 Å². The van der Waals surface area contributed by atoms with Gasteiger partial charge in [0.25, 0.3) is 0 Å². The molecule has 0 nitrogen and oxygen atoms in total. The topological polar surface area (TPSA) is 0 Å². The van der Waals surface area contributed by atoms with Crippen LogP contribution in [0.15, 0.2) is 23.3 Å². The third-order valence-electron chi connectivity index (χ3n) is 3.62. The van der Waals surface area contributed by atoms with Gasteiger partial charge in [0.05, 0.1) is 4.87 Å². The molecule has 0 spiro atoms. The number of halogens is 2. The fourth-order valence-electron chi connectivity index (χ4n) is 2.73. The lowest BCUT2D eigenvalue weighted by atomic mass is 9.81. The summed E-state index contributed by atoms with van der Waals surface area (Å²) in [6.45, 7) is 0. The molecule has 1 saturated carbocycles. The highest BCUT2D eigenvalue weighted by Crippen LogP contribution is 2.43. The Labute approximate surface area is 102 Å². The van der Waals surface area contributed by atoms with Gasteiger partial charge in [0.15, 0.2) is 0 Å². The zero-order chi connectivity index (χ0) is 10.7. The molecule has 0 aromatic carbocycles. The van der Waals surface area contributed by atoms with Gasteiger partial charge in [0.1, 0.15) is 0 Å². The number of hydrogen-bond acceptors (Lipinski definition) is 0. The molecule has 0 aromatic rings. The van der Waals surface area contributed by atoms with Gasteiger partial charge >= 0.3 is 0 Å². The largest absolute Gasteiger partial charge is 0.114 e. The van der Waals surface area contributed by atoms with Gasteiger partial charge in [-0.25, -0.2) is 0 Å². The van der Waals surface area contributed by atoms with Crippen LogP contribution in [0, 0.1) is 5.92 Å². The second kappa shape index (κ2) is 4.93. The molecule has 0 radical (unpaired) electrons. The molecule has 2 aliphatic carbocycles. The quantitative estimate of drug-likeness (QED) is 0.449. The number of hydrogen-bond donors (Lipinski definition) is 0. The average molecular weight is 245 g/mol. The van der Waals surface area contributed by atoms with Crippen LogP contribution in [0.25, 0.3) is 0 Å². The van der Waals surface area contributed by atoms with Crippen molar-refractivity contribution in [1.82, 2.24) is 0 Å². The first kappa shape index (κ1) is 11.5. The molecule has 1 unspecified atom stereocenters. The number of allylic oxidation sites excluding steroid dienone is 4. The van der Waals surface area contributed by atoms with E-state index in [-0.39, 0.29) is 4.87 Å². The third kappa shape index (κ3) is 2.79. The maximum atomic E-state index is 6.71. The van der Waals surface area contributed by atoms with Gasteiger partial charge in [0, 0.05) is 11.5 Å². The van der Waals surface area contributed by atoms with Crippen LogP contribution >= 0.6 is 23.2 Å². The third-order valence-corrected chi connectivity index (χ3v) is 4.45. The SMILES string of the molecule is ClC1=CC=CC(Cl)(C2CCCCCC2)C1. The molecule has 2 heteroatoms. The predicted octanol–water partition coefficient (Wildman–Crippen LogP) is 5.02.